The Bertz CT molecular complexity index is 889. The Labute approximate surface area is 173 Å². The van der Waals surface area contributed by atoms with Gasteiger partial charge in [-0.1, -0.05) is 24.3 Å². The largest absolute Gasteiger partial charge is 0.480 e. The van der Waals surface area contributed by atoms with E-state index in [-0.39, 0.29) is 31.1 Å². The highest BCUT2D eigenvalue weighted by Gasteiger charge is 2.35. The quantitative estimate of drug-likeness (QED) is 0.524. The first-order chi connectivity index (χ1) is 14.5. The molecule has 0 bridgehead atoms. The van der Waals surface area contributed by atoms with Crippen molar-refractivity contribution >= 4 is 5.91 Å². The second kappa shape index (κ2) is 10.3. The predicted molar refractivity (Wildman–Crippen MR) is 107 cm³/mol. The van der Waals surface area contributed by atoms with Crippen LogP contribution in [-0.4, -0.2) is 47.5 Å². The zero-order valence-corrected chi connectivity index (χ0v) is 16.2. The minimum absolute atomic E-state index is 0.0351. The third-order valence-electron chi connectivity index (χ3n) is 4.82. The summed E-state index contributed by atoms with van der Waals surface area (Å²) < 4.78 is 32.8. The van der Waals surface area contributed by atoms with Crippen molar-refractivity contribution in [2.45, 2.75) is 31.2 Å². The van der Waals surface area contributed by atoms with Gasteiger partial charge >= 0.3 is 0 Å². The molecule has 0 heterocycles. The first kappa shape index (κ1) is 21.9. The fourth-order valence-electron chi connectivity index (χ4n) is 3.24. The Morgan fingerprint density at radius 1 is 1.13 bits per heavy atom. The van der Waals surface area contributed by atoms with Gasteiger partial charge in [0.2, 0.25) is 5.91 Å². The molecule has 1 aliphatic rings. The van der Waals surface area contributed by atoms with Gasteiger partial charge in [-0.25, -0.2) is 8.78 Å². The van der Waals surface area contributed by atoms with Crippen LogP contribution in [0.25, 0.3) is 0 Å². The number of nitrogens with one attached hydrogen (secondary N) is 2. The molecule has 1 aliphatic carbocycles. The van der Waals surface area contributed by atoms with Crippen molar-refractivity contribution in [3.05, 3.63) is 77.4 Å². The van der Waals surface area contributed by atoms with E-state index in [9.17, 15) is 18.7 Å². The first-order valence-corrected chi connectivity index (χ1v) is 9.64. The van der Waals surface area contributed by atoms with E-state index in [1.807, 2.05) is 0 Å². The molecule has 3 atom stereocenters. The van der Waals surface area contributed by atoms with Gasteiger partial charge in [-0.05, 0) is 42.3 Å². The number of para-hydroxylation sites is 1. The van der Waals surface area contributed by atoms with Crippen LogP contribution < -0.4 is 15.4 Å². The number of carbonyl (C=O) groups is 1. The average Bonchev–Trinajstić information content (AvgIpc) is 2.75. The topological polar surface area (TPSA) is 90.8 Å². The van der Waals surface area contributed by atoms with Crippen molar-refractivity contribution in [2.75, 3.05) is 13.2 Å². The number of hydrogen-bond donors (Lipinski definition) is 4. The molecule has 0 radical (unpaired) electrons. The summed E-state index contributed by atoms with van der Waals surface area (Å²) in [5, 5.41) is 25.5. The van der Waals surface area contributed by atoms with Gasteiger partial charge in [0.15, 0.2) is 11.6 Å². The summed E-state index contributed by atoms with van der Waals surface area (Å²) in [6.07, 6.45) is -0.341. The summed E-state index contributed by atoms with van der Waals surface area (Å²) in [4.78, 5) is 12.4. The highest BCUT2D eigenvalue weighted by atomic mass is 19.1. The van der Waals surface area contributed by atoms with Crippen LogP contribution in [0.1, 0.15) is 12.0 Å². The summed E-state index contributed by atoms with van der Waals surface area (Å²) in [6, 6.07) is 11.2. The zero-order chi connectivity index (χ0) is 21.5. The molecule has 160 valence electrons. The van der Waals surface area contributed by atoms with E-state index in [1.165, 1.54) is 36.4 Å². The number of carbonyl (C=O) groups excluding carboxylic acids is 1. The number of ether oxygens (including phenoxy) is 1. The molecule has 0 spiro atoms. The third kappa shape index (κ3) is 5.63. The minimum atomic E-state index is -1.06. The smallest absolute Gasteiger partial charge is 0.247 e. The van der Waals surface area contributed by atoms with Crippen LogP contribution in [0.2, 0.25) is 0 Å². The lowest BCUT2D eigenvalue weighted by Crippen LogP contribution is -2.51. The Balaban J connectivity index is 1.77. The number of aliphatic hydroxyl groups excluding tert-OH is 2. The molecule has 2 aromatic rings. The van der Waals surface area contributed by atoms with Gasteiger partial charge in [-0.3, -0.25) is 4.79 Å². The summed E-state index contributed by atoms with van der Waals surface area (Å²) in [5.74, 6) is -1.36. The molecule has 0 aliphatic heterocycles. The van der Waals surface area contributed by atoms with Crippen LogP contribution in [-0.2, 0) is 11.3 Å². The molecule has 3 rings (SSSR count). The molecule has 0 unspecified atom stereocenters. The lowest BCUT2D eigenvalue weighted by molar-refractivity contribution is -0.118. The maximum absolute atomic E-state index is 14.0. The van der Waals surface area contributed by atoms with Gasteiger partial charge in [0.05, 0.1) is 6.61 Å². The second-order valence-electron chi connectivity index (χ2n) is 6.99. The van der Waals surface area contributed by atoms with E-state index in [0.29, 0.717) is 12.1 Å². The van der Waals surface area contributed by atoms with Gasteiger partial charge in [0.25, 0.3) is 0 Å². The molecule has 1 amide bonds. The fourth-order valence-corrected chi connectivity index (χ4v) is 3.24. The third-order valence-corrected chi connectivity index (χ3v) is 4.82. The van der Waals surface area contributed by atoms with Gasteiger partial charge in [-0.15, -0.1) is 0 Å². The van der Waals surface area contributed by atoms with Gasteiger partial charge in [-0.2, -0.15) is 0 Å². The van der Waals surface area contributed by atoms with Crippen LogP contribution in [0, 0.1) is 11.6 Å². The number of hydrogen-bond acceptors (Lipinski definition) is 5. The van der Waals surface area contributed by atoms with Crippen molar-refractivity contribution in [3.63, 3.8) is 0 Å². The van der Waals surface area contributed by atoms with Crippen LogP contribution in [0.15, 0.2) is 60.2 Å². The van der Waals surface area contributed by atoms with Gasteiger partial charge in [0.1, 0.15) is 18.0 Å². The van der Waals surface area contributed by atoms with E-state index in [2.05, 4.69) is 10.6 Å². The molecule has 30 heavy (non-hydrogen) atoms. The van der Waals surface area contributed by atoms with Crippen LogP contribution in [0.4, 0.5) is 8.78 Å². The van der Waals surface area contributed by atoms with Crippen LogP contribution in [0.5, 0.6) is 5.75 Å². The molecule has 0 saturated carbocycles. The summed E-state index contributed by atoms with van der Waals surface area (Å²) in [5.41, 5.74) is 1.16. The second-order valence-corrected chi connectivity index (χ2v) is 6.99. The van der Waals surface area contributed by atoms with Crippen LogP contribution >= 0.6 is 0 Å². The standard InChI is InChI=1S/C22H24F2N2O4/c23-16-7-5-14(6-8-16)13-26-18-11-15(22(29)25-9-10-27)12-20(21(18)28)30-19-4-2-1-3-17(19)24/h1-8,12,18,20-21,26-28H,9-11,13H2,(H,25,29)/t18-,20+,21+/m1/s1. The molecule has 6 nitrogen and oxygen atoms in total. The minimum Gasteiger partial charge on any atom is -0.480 e. The van der Waals surface area contributed by atoms with E-state index < -0.39 is 30.0 Å². The number of rotatable bonds is 8. The highest BCUT2D eigenvalue weighted by Crippen LogP contribution is 2.26. The van der Waals surface area contributed by atoms with E-state index >= 15 is 0 Å². The Morgan fingerprint density at radius 3 is 2.57 bits per heavy atom. The molecule has 0 saturated heterocycles. The SMILES string of the molecule is O=C(NCCO)C1=C[C@H](Oc2ccccc2F)[C@@H](O)[C@H](NCc2ccc(F)cc2)C1. The Kier molecular flexibility index (Phi) is 7.51. The zero-order valence-electron chi connectivity index (χ0n) is 16.2. The monoisotopic (exact) mass is 418 g/mol. The fraction of sp³-hybridized carbons (Fsp3) is 0.318. The molecule has 2 aromatic carbocycles. The predicted octanol–water partition coefficient (Wildman–Crippen LogP) is 1.67. The average molecular weight is 418 g/mol. The Morgan fingerprint density at radius 2 is 1.87 bits per heavy atom. The van der Waals surface area contributed by atoms with E-state index in [0.717, 1.165) is 5.56 Å². The van der Waals surface area contributed by atoms with Gasteiger partial charge in [0, 0.05) is 24.7 Å². The maximum atomic E-state index is 14.0. The summed E-state index contributed by atoms with van der Waals surface area (Å²) in [6.45, 7) is 0.217. The number of aliphatic hydroxyl groups is 2. The molecular formula is C22H24F2N2O4. The van der Waals surface area contributed by atoms with Crippen LogP contribution in [0.3, 0.4) is 0 Å². The van der Waals surface area contributed by atoms with Gasteiger partial charge < -0.3 is 25.6 Å². The first-order valence-electron chi connectivity index (χ1n) is 9.64. The van der Waals surface area contributed by atoms with E-state index in [1.54, 1.807) is 18.2 Å². The molecule has 8 heteroatoms. The maximum Gasteiger partial charge on any atom is 0.247 e. The molecular weight excluding hydrogens is 394 g/mol. The number of benzene rings is 2. The van der Waals surface area contributed by atoms with E-state index in [4.69, 9.17) is 9.84 Å². The number of amides is 1. The Hall–Kier alpha value is -2.81. The lowest BCUT2D eigenvalue weighted by atomic mass is 9.89. The molecule has 0 fully saturated rings. The lowest BCUT2D eigenvalue weighted by Gasteiger charge is -2.34. The molecule has 0 aromatic heterocycles. The molecule has 4 N–H and O–H groups in total. The highest BCUT2D eigenvalue weighted by molar-refractivity contribution is 5.93. The normalized spacial score (nSPS) is 21.1. The van der Waals surface area contributed by atoms with Crippen molar-refractivity contribution in [3.8, 4) is 5.75 Å². The summed E-state index contributed by atoms with van der Waals surface area (Å²) in [7, 11) is 0. The number of halogens is 2. The van der Waals surface area contributed by atoms with Crippen molar-refractivity contribution in [1.82, 2.24) is 10.6 Å². The van der Waals surface area contributed by atoms with Crippen molar-refractivity contribution < 1.29 is 28.5 Å². The van der Waals surface area contributed by atoms with Crippen molar-refractivity contribution in [2.24, 2.45) is 0 Å². The summed E-state index contributed by atoms with van der Waals surface area (Å²) >= 11 is 0. The van der Waals surface area contributed by atoms with Crippen molar-refractivity contribution in [1.29, 1.82) is 0 Å².